The molecule has 0 amide bonds. The maximum absolute atomic E-state index is 8.49. The van der Waals surface area contributed by atoms with Crippen LogP contribution in [-0.4, -0.2) is 13.6 Å². The van der Waals surface area contributed by atoms with Crippen molar-refractivity contribution in [3.8, 4) is 6.07 Å². The lowest BCUT2D eigenvalue weighted by atomic mass is 10.2. The predicted molar refractivity (Wildman–Crippen MR) is 67.6 cm³/mol. The van der Waals surface area contributed by atoms with Crippen molar-refractivity contribution in [2.75, 3.05) is 18.5 Å². The van der Waals surface area contributed by atoms with Crippen LogP contribution in [0.5, 0.6) is 0 Å². The summed E-state index contributed by atoms with van der Waals surface area (Å²) in [5, 5.41) is 10.0. The van der Waals surface area contributed by atoms with Crippen molar-refractivity contribution in [2.45, 2.75) is 11.8 Å². The Morgan fingerprint density at radius 1 is 1.53 bits per heavy atom. The quantitative estimate of drug-likeness (QED) is 0.791. The van der Waals surface area contributed by atoms with Crippen molar-refractivity contribution in [3.05, 3.63) is 28.8 Å². The minimum Gasteiger partial charge on any atom is -0.374 e. The smallest absolute Gasteiger partial charge is 0.0640 e. The lowest BCUT2D eigenvalue weighted by Gasteiger charge is -2.18. The van der Waals surface area contributed by atoms with Crippen molar-refractivity contribution in [1.29, 1.82) is 5.26 Å². The molecule has 15 heavy (non-hydrogen) atoms. The molecular formula is C11H12BrClN2. The number of hydrogen-bond donors (Lipinski definition) is 0. The molecule has 1 aromatic rings. The van der Waals surface area contributed by atoms with Crippen LogP contribution in [0.25, 0.3) is 0 Å². The van der Waals surface area contributed by atoms with Crippen molar-refractivity contribution in [2.24, 2.45) is 0 Å². The van der Waals surface area contributed by atoms with Gasteiger partial charge in [-0.15, -0.1) is 0 Å². The van der Waals surface area contributed by atoms with Gasteiger partial charge < -0.3 is 4.90 Å². The standard InChI is InChI=1S/C11H12BrClN2/c1-15(6-2-5-14)10-4-3-9(8-12)11(13)7-10/h3-4,7H,2,6,8H2,1H3. The van der Waals surface area contributed by atoms with Gasteiger partial charge in [-0.2, -0.15) is 5.26 Å². The van der Waals surface area contributed by atoms with Gasteiger partial charge in [-0.05, 0) is 17.7 Å². The molecule has 0 spiro atoms. The van der Waals surface area contributed by atoms with E-state index in [4.69, 9.17) is 16.9 Å². The van der Waals surface area contributed by atoms with E-state index in [2.05, 4.69) is 22.0 Å². The molecule has 2 nitrogen and oxygen atoms in total. The molecule has 0 atom stereocenters. The van der Waals surface area contributed by atoms with Crippen LogP contribution in [0.2, 0.25) is 5.02 Å². The molecule has 0 bridgehead atoms. The molecule has 0 saturated carbocycles. The van der Waals surface area contributed by atoms with Gasteiger partial charge in [0.25, 0.3) is 0 Å². The Bertz CT molecular complexity index is 373. The molecule has 0 unspecified atom stereocenters. The minimum absolute atomic E-state index is 0.522. The summed E-state index contributed by atoms with van der Waals surface area (Å²) in [6.07, 6.45) is 0.522. The number of benzene rings is 1. The van der Waals surface area contributed by atoms with Crippen LogP contribution in [0.3, 0.4) is 0 Å². The second kappa shape index (κ2) is 5.99. The Morgan fingerprint density at radius 2 is 2.27 bits per heavy atom. The summed E-state index contributed by atoms with van der Waals surface area (Å²) >= 11 is 9.46. The average molecular weight is 288 g/mol. The summed E-state index contributed by atoms with van der Waals surface area (Å²) in [4.78, 5) is 2.02. The number of halogens is 2. The molecule has 4 heteroatoms. The molecule has 0 radical (unpaired) electrons. The van der Waals surface area contributed by atoms with Crippen LogP contribution in [-0.2, 0) is 5.33 Å². The van der Waals surface area contributed by atoms with Crippen molar-refractivity contribution >= 4 is 33.2 Å². The molecule has 1 rings (SSSR count). The molecule has 0 aliphatic rings. The first-order valence-corrected chi connectivity index (χ1v) is 6.11. The highest BCUT2D eigenvalue weighted by molar-refractivity contribution is 9.08. The highest BCUT2D eigenvalue weighted by Crippen LogP contribution is 2.24. The normalized spacial score (nSPS) is 9.73. The van der Waals surface area contributed by atoms with E-state index >= 15 is 0 Å². The molecule has 0 fully saturated rings. The monoisotopic (exact) mass is 286 g/mol. The zero-order valence-corrected chi connectivity index (χ0v) is 10.8. The zero-order valence-electron chi connectivity index (χ0n) is 8.50. The highest BCUT2D eigenvalue weighted by atomic mass is 79.9. The fourth-order valence-electron chi connectivity index (χ4n) is 1.23. The lowest BCUT2D eigenvalue weighted by Crippen LogP contribution is -2.17. The molecule has 0 N–H and O–H groups in total. The first-order chi connectivity index (χ1) is 7.19. The molecule has 0 aliphatic carbocycles. The lowest BCUT2D eigenvalue weighted by molar-refractivity contribution is 0.905. The molecular weight excluding hydrogens is 275 g/mol. The Labute approximate surface area is 104 Å². The first kappa shape index (κ1) is 12.4. The molecule has 80 valence electrons. The topological polar surface area (TPSA) is 27.0 Å². The summed E-state index contributed by atoms with van der Waals surface area (Å²) in [6.45, 7) is 0.723. The van der Waals surface area contributed by atoms with Crippen LogP contribution in [0.15, 0.2) is 18.2 Å². The minimum atomic E-state index is 0.522. The van der Waals surface area contributed by atoms with Crippen molar-refractivity contribution in [3.63, 3.8) is 0 Å². The van der Waals surface area contributed by atoms with E-state index in [1.165, 1.54) is 0 Å². The number of hydrogen-bond acceptors (Lipinski definition) is 2. The van der Waals surface area contributed by atoms with Gasteiger partial charge in [0.05, 0.1) is 12.5 Å². The summed E-state index contributed by atoms with van der Waals surface area (Å²) in [5.41, 5.74) is 2.12. The molecule has 0 aliphatic heterocycles. The SMILES string of the molecule is CN(CCC#N)c1ccc(CBr)c(Cl)c1. The Morgan fingerprint density at radius 3 is 2.80 bits per heavy atom. The first-order valence-electron chi connectivity index (χ1n) is 4.61. The summed E-state index contributed by atoms with van der Waals surface area (Å²) < 4.78 is 0. The molecule has 0 heterocycles. The van der Waals surface area contributed by atoms with Crippen molar-refractivity contribution < 1.29 is 0 Å². The van der Waals surface area contributed by atoms with E-state index < -0.39 is 0 Å². The maximum atomic E-state index is 8.49. The summed E-state index contributed by atoms with van der Waals surface area (Å²) in [7, 11) is 1.96. The van der Waals surface area contributed by atoms with Gasteiger partial charge in [0.1, 0.15) is 0 Å². The third-order valence-electron chi connectivity index (χ3n) is 2.18. The van der Waals surface area contributed by atoms with Gasteiger partial charge in [-0.3, -0.25) is 0 Å². The van der Waals surface area contributed by atoms with E-state index in [1.54, 1.807) is 0 Å². The number of anilines is 1. The third-order valence-corrected chi connectivity index (χ3v) is 3.14. The Kier molecular flexibility index (Phi) is 4.93. The van der Waals surface area contributed by atoms with E-state index in [0.717, 1.165) is 28.1 Å². The number of nitrogens with zero attached hydrogens (tertiary/aromatic N) is 2. The number of alkyl halides is 1. The summed E-state index contributed by atoms with van der Waals surface area (Å²) in [6, 6.07) is 8.06. The van der Waals surface area contributed by atoms with Gasteiger partial charge in [0.15, 0.2) is 0 Å². The van der Waals surface area contributed by atoms with Crippen molar-refractivity contribution in [1.82, 2.24) is 0 Å². The van der Waals surface area contributed by atoms with Gasteiger partial charge in [-0.1, -0.05) is 33.6 Å². The predicted octanol–water partition coefficient (Wildman–Crippen LogP) is 3.58. The number of nitriles is 1. The molecule has 1 aromatic carbocycles. The van der Waals surface area contributed by atoms with Crippen LogP contribution < -0.4 is 4.90 Å². The fourth-order valence-corrected chi connectivity index (χ4v) is 2.12. The zero-order chi connectivity index (χ0) is 11.3. The highest BCUT2D eigenvalue weighted by Gasteiger charge is 2.04. The molecule has 0 aromatic heterocycles. The van der Waals surface area contributed by atoms with E-state index in [-0.39, 0.29) is 0 Å². The Hall–Kier alpha value is -0.720. The second-order valence-electron chi connectivity index (χ2n) is 3.24. The van der Waals surface area contributed by atoms with Gasteiger partial charge in [0.2, 0.25) is 0 Å². The van der Waals surface area contributed by atoms with Gasteiger partial charge in [0, 0.05) is 29.6 Å². The van der Waals surface area contributed by atoms with Crippen LogP contribution in [0.1, 0.15) is 12.0 Å². The van der Waals surface area contributed by atoms with E-state index in [0.29, 0.717) is 6.42 Å². The Balaban J connectivity index is 2.79. The largest absolute Gasteiger partial charge is 0.374 e. The second-order valence-corrected chi connectivity index (χ2v) is 4.21. The molecule has 0 saturated heterocycles. The number of rotatable bonds is 4. The third kappa shape index (κ3) is 3.40. The van der Waals surface area contributed by atoms with Crippen LogP contribution in [0.4, 0.5) is 5.69 Å². The maximum Gasteiger partial charge on any atom is 0.0640 e. The van der Waals surface area contributed by atoms with E-state index in [1.807, 2.05) is 30.1 Å². The fraction of sp³-hybridized carbons (Fsp3) is 0.364. The van der Waals surface area contributed by atoms with Gasteiger partial charge in [-0.25, -0.2) is 0 Å². The van der Waals surface area contributed by atoms with Crippen LogP contribution >= 0.6 is 27.5 Å². The van der Waals surface area contributed by atoms with Gasteiger partial charge >= 0.3 is 0 Å². The average Bonchev–Trinajstić information content (AvgIpc) is 2.25. The summed E-state index contributed by atoms with van der Waals surface area (Å²) in [5.74, 6) is 0. The van der Waals surface area contributed by atoms with E-state index in [9.17, 15) is 0 Å². The van der Waals surface area contributed by atoms with Crippen LogP contribution in [0, 0.1) is 11.3 Å².